The molecule has 0 aromatic heterocycles. The summed E-state index contributed by atoms with van der Waals surface area (Å²) in [5.74, 6) is 2.07. The summed E-state index contributed by atoms with van der Waals surface area (Å²) in [6.45, 7) is 4.45. The molecule has 2 saturated carbocycles. The summed E-state index contributed by atoms with van der Waals surface area (Å²) >= 11 is 0. The van der Waals surface area contributed by atoms with E-state index in [1.807, 2.05) is 0 Å². The Balaban J connectivity index is 1.78. The van der Waals surface area contributed by atoms with Crippen LogP contribution >= 0.6 is 0 Å². The number of carbonyl (C=O) groups excluding carboxylic acids is 2. The molecule has 4 rings (SSSR count). The lowest BCUT2D eigenvalue weighted by atomic mass is 9.50. The summed E-state index contributed by atoms with van der Waals surface area (Å²) in [4.78, 5) is 24.0. The lowest BCUT2D eigenvalue weighted by Gasteiger charge is -2.53. The van der Waals surface area contributed by atoms with Gasteiger partial charge in [-0.3, -0.25) is 9.59 Å². The molecule has 0 heterocycles. The summed E-state index contributed by atoms with van der Waals surface area (Å²) < 4.78 is 0. The fourth-order valence-electron chi connectivity index (χ4n) is 5.42. The highest BCUT2D eigenvalue weighted by Crippen LogP contribution is 2.61. The summed E-state index contributed by atoms with van der Waals surface area (Å²) in [6, 6.07) is 0. The molecule has 0 radical (unpaired) electrons. The van der Waals surface area contributed by atoms with Crippen LogP contribution in [0.25, 0.3) is 0 Å². The van der Waals surface area contributed by atoms with Gasteiger partial charge in [-0.2, -0.15) is 0 Å². The van der Waals surface area contributed by atoms with Crippen molar-refractivity contribution in [2.24, 2.45) is 28.6 Å². The van der Waals surface area contributed by atoms with E-state index in [2.05, 4.69) is 32.1 Å². The first-order valence-electron chi connectivity index (χ1n) is 8.12. The van der Waals surface area contributed by atoms with Gasteiger partial charge in [0.1, 0.15) is 5.78 Å². The van der Waals surface area contributed by atoms with Crippen LogP contribution in [0.2, 0.25) is 0 Å². The predicted molar refractivity (Wildman–Crippen MR) is 81.5 cm³/mol. The van der Waals surface area contributed by atoms with Crippen molar-refractivity contribution in [2.75, 3.05) is 0 Å². The van der Waals surface area contributed by atoms with Gasteiger partial charge in [0.15, 0.2) is 5.78 Å². The van der Waals surface area contributed by atoms with E-state index in [0.717, 1.165) is 31.3 Å². The van der Waals surface area contributed by atoms with E-state index in [9.17, 15) is 9.59 Å². The third kappa shape index (κ3) is 1.59. The topological polar surface area (TPSA) is 34.1 Å². The average molecular weight is 282 g/mol. The van der Waals surface area contributed by atoms with Crippen LogP contribution in [-0.4, -0.2) is 11.6 Å². The van der Waals surface area contributed by atoms with Crippen LogP contribution in [0.15, 0.2) is 36.0 Å². The molecular weight excluding hydrogens is 260 g/mol. The minimum absolute atomic E-state index is 0.0275. The fraction of sp³-hybridized carbons (Fsp3) is 0.579. The molecule has 2 fully saturated rings. The Labute approximate surface area is 126 Å². The second-order valence-electron chi connectivity index (χ2n) is 7.69. The summed E-state index contributed by atoms with van der Waals surface area (Å²) in [5.41, 5.74) is 1.03. The molecule has 0 aromatic rings. The van der Waals surface area contributed by atoms with E-state index < -0.39 is 0 Å². The van der Waals surface area contributed by atoms with Crippen LogP contribution in [0.5, 0.6) is 0 Å². The maximum Gasteiger partial charge on any atom is 0.178 e. The Morgan fingerprint density at radius 1 is 1.10 bits per heavy atom. The first-order chi connectivity index (χ1) is 9.95. The van der Waals surface area contributed by atoms with Crippen molar-refractivity contribution < 1.29 is 9.59 Å². The van der Waals surface area contributed by atoms with Gasteiger partial charge in [0.2, 0.25) is 0 Å². The maximum atomic E-state index is 12.3. The van der Waals surface area contributed by atoms with Crippen LogP contribution < -0.4 is 0 Å². The van der Waals surface area contributed by atoms with Crippen molar-refractivity contribution in [3.05, 3.63) is 36.0 Å². The summed E-state index contributed by atoms with van der Waals surface area (Å²) in [5, 5.41) is 0. The van der Waals surface area contributed by atoms with Crippen molar-refractivity contribution in [2.45, 2.75) is 39.5 Å². The molecular formula is C19H22O2. The Morgan fingerprint density at radius 2 is 1.90 bits per heavy atom. The molecule has 0 aliphatic heterocycles. The fourth-order valence-corrected chi connectivity index (χ4v) is 5.42. The van der Waals surface area contributed by atoms with Crippen molar-refractivity contribution in [3.8, 4) is 0 Å². The predicted octanol–water partition coefficient (Wildman–Crippen LogP) is 3.64. The van der Waals surface area contributed by atoms with Gasteiger partial charge < -0.3 is 0 Å². The number of hydrogen-bond acceptors (Lipinski definition) is 2. The minimum Gasteiger partial charge on any atom is -0.299 e. The van der Waals surface area contributed by atoms with Gasteiger partial charge in [0.25, 0.3) is 0 Å². The number of allylic oxidation sites excluding steroid dienone is 6. The first-order valence-corrected chi connectivity index (χ1v) is 8.12. The van der Waals surface area contributed by atoms with E-state index in [1.165, 1.54) is 0 Å². The molecule has 0 saturated heterocycles. The molecule has 4 aliphatic rings. The maximum absolute atomic E-state index is 12.3. The monoisotopic (exact) mass is 282 g/mol. The number of hydrogen-bond donors (Lipinski definition) is 0. The Kier molecular flexibility index (Phi) is 2.56. The third-order valence-electron chi connectivity index (χ3n) is 6.82. The number of ketones is 2. The van der Waals surface area contributed by atoms with Gasteiger partial charge in [-0.15, -0.1) is 0 Å². The van der Waals surface area contributed by atoms with Crippen LogP contribution in [0, 0.1) is 28.6 Å². The lowest BCUT2D eigenvalue weighted by molar-refractivity contribution is -0.130. The van der Waals surface area contributed by atoms with Gasteiger partial charge in [0, 0.05) is 17.3 Å². The zero-order valence-corrected chi connectivity index (χ0v) is 12.8. The second-order valence-corrected chi connectivity index (χ2v) is 7.69. The molecule has 4 aliphatic carbocycles. The van der Waals surface area contributed by atoms with Crippen molar-refractivity contribution in [3.63, 3.8) is 0 Å². The molecule has 2 unspecified atom stereocenters. The van der Waals surface area contributed by atoms with Crippen LogP contribution in [-0.2, 0) is 9.59 Å². The molecule has 21 heavy (non-hydrogen) atoms. The van der Waals surface area contributed by atoms with Crippen molar-refractivity contribution in [1.29, 1.82) is 0 Å². The van der Waals surface area contributed by atoms with Crippen molar-refractivity contribution in [1.82, 2.24) is 0 Å². The quantitative estimate of drug-likeness (QED) is 0.680. The van der Waals surface area contributed by atoms with E-state index in [0.29, 0.717) is 23.5 Å². The zero-order valence-electron chi connectivity index (χ0n) is 12.8. The minimum atomic E-state index is -0.0999. The van der Waals surface area contributed by atoms with Gasteiger partial charge >= 0.3 is 0 Å². The Hall–Kier alpha value is -1.44. The molecule has 0 spiro atoms. The zero-order chi connectivity index (χ0) is 14.8. The highest BCUT2D eigenvalue weighted by molar-refractivity contribution is 6.01. The van der Waals surface area contributed by atoms with Gasteiger partial charge in [-0.1, -0.05) is 32.1 Å². The number of carbonyl (C=O) groups is 2. The highest BCUT2D eigenvalue weighted by Gasteiger charge is 2.57. The molecule has 2 nitrogen and oxygen atoms in total. The van der Waals surface area contributed by atoms with Gasteiger partial charge in [0.05, 0.1) is 0 Å². The van der Waals surface area contributed by atoms with E-state index in [4.69, 9.17) is 0 Å². The number of rotatable bonds is 0. The van der Waals surface area contributed by atoms with E-state index >= 15 is 0 Å². The largest absolute Gasteiger partial charge is 0.299 e. The molecule has 5 atom stereocenters. The Bertz CT molecular complexity index is 623. The van der Waals surface area contributed by atoms with Crippen LogP contribution in [0.4, 0.5) is 0 Å². The highest BCUT2D eigenvalue weighted by atomic mass is 16.1. The molecule has 2 heteroatoms. The van der Waals surface area contributed by atoms with Crippen LogP contribution in [0.3, 0.4) is 0 Å². The summed E-state index contributed by atoms with van der Waals surface area (Å²) in [7, 11) is 0. The van der Waals surface area contributed by atoms with Gasteiger partial charge in [-0.05, 0) is 54.7 Å². The third-order valence-corrected chi connectivity index (χ3v) is 6.82. The first kappa shape index (κ1) is 13.2. The normalized spacial score (nSPS) is 47.7. The van der Waals surface area contributed by atoms with E-state index in [-0.39, 0.29) is 16.6 Å². The smallest absolute Gasteiger partial charge is 0.178 e. The van der Waals surface area contributed by atoms with Crippen molar-refractivity contribution >= 4 is 11.6 Å². The van der Waals surface area contributed by atoms with Crippen LogP contribution in [0.1, 0.15) is 39.5 Å². The second kappa shape index (κ2) is 4.06. The van der Waals surface area contributed by atoms with E-state index in [1.54, 1.807) is 12.2 Å². The molecule has 0 N–H and O–H groups in total. The SMILES string of the molecule is C[C@]12C=CC(=O)C=C1C=C[C@@H]1C2CC[C@]2(C)C(=O)CCC12. The number of Topliss-reactive ketones (excluding diaryl/α,β-unsaturated/α-hetero) is 1. The standard InChI is InChI=1S/C19H22O2/c1-18-9-7-13(20)11-12(18)3-4-14-15-5-6-17(21)19(15,2)10-8-16(14)18/h3-4,7,9,11,14-16H,5-6,8,10H2,1-2H3/t14-,15?,16?,18-,19-/m0/s1. The average Bonchev–Trinajstić information content (AvgIpc) is 2.76. The number of fused-ring (bicyclic) bond motifs is 5. The molecule has 0 bridgehead atoms. The summed E-state index contributed by atoms with van der Waals surface area (Å²) in [6.07, 6.45) is 14.0. The molecule has 110 valence electrons. The lowest BCUT2D eigenvalue weighted by Crippen LogP contribution is -2.48. The van der Waals surface area contributed by atoms with Gasteiger partial charge in [-0.25, -0.2) is 0 Å². The molecule has 0 amide bonds. The Morgan fingerprint density at radius 3 is 2.71 bits per heavy atom. The molecule has 0 aromatic carbocycles.